The molecule has 4 heterocycles. The molecular formula is C29H26ClF3N8O2. The number of alkyl halides is 3. The van der Waals surface area contributed by atoms with Crippen LogP contribution >= 0.6 is 11.6 Å². The number of benzene rings is 1. The zero-order chi connectivity index (χ0) is 30.1. The molecule has 6 rings (SSSR count). The number of nitrogens with zero attached hydrogens (tertiary/aromatic N) is 6. The summed E-state index contributed by atoms with van der Waals surface area (Å²) in [6.07, 6.45) is 0.721. The number of hydrogen-bond acceptors (Lipinski definition) is 7. The predicted octanol–water partition coefficient (Wildman–Crippen LogP) is 6.18. The highest BCUT2D eigenvalue weighted by atomic mass is 35.5. The average molecular weight is 611 g/mol. The Morgan fingerprint density at radius 2 is 2.00 bits per heavy atom. The highest BCUT2D eigenvalue weighted by molar-refractivity contribution is 6.30. The van der Waals surface area contributed by atoms with Gasteiger partial charge in [0.05, 0.1) is 17.3 Å². The summed E-state index contributed by atoms with van der Waals surface area (Å²) in [5.74, 6) is 0.618. The molecule has 1 amide bonds. The normalized spacial score (nSPS) is 18.0. The molecule has 0 spiro atoms. The first kappa shape index (κ1) is 28.6. The largest absolute Gasteiger partial charge is 0.480 e. The Hall–Kier alpha value is -4.52. The van der Waals surface area contributed by atoms with Crippen molar-refractivity contribution < 1.29 is 22.7 Å². The van der Waals surface area contributed by atoms with Crippen molar-refractivity contribution in [3.05, 3.63) is 71.9 Å². The molecule has 1 saturated carbocycles. The Morgan fingerprint density at radius 3 is 2.77 bits per heavy atom. The van der Waals surface area contributed by atoms with Crippen molar-refractivity contribution in [3.8, 4) is 28.7 Å². The van der Waals surface area contributed by atoms with Crippen molar-refractivity contribution in [3.63, 3.8) is 0 Å². The van der Waals surface area contributed by atoms with Crippen molar-refractivity contribution >= 4 is 28.5 Å². The van der Waals surface area contributed by atoms with Crippen molar-refractivity contribution in [2.45, 2.75) is 57.0 Å². The number of halogens is 4. The molecule has 0 bridgehead atoms. The number of para-hydroxylation sites is 1. The number of imidazole rings is 1. The SMILES string of the molecule is CC(Oc1ccccc1-c1nc2cnc(-c3ncn[nH]3)cc2n1[C@@H]1CCC[C@H](NC(=O)c2cc(Cl)ccn2)C1)C(F)(F)F. The number of hydrogen-bond donors (Lipinski definition) is 2. The molecule has 1 aliphatic carbocycles. The number of carbonyl (C=O) groups excluding carboxylic acids is 1. The van der Waals surface area contributed by atoms with E-state index in [0.717, 1.165) is 26.2 Å². The van der Waals surface area contributed by atoms with Gasteiger partial charge in [-0.15, -0.1) is 0 Å². The standard InChI is InChI=1S/C29H26ClF3N8O2/c1-16(29(31,32)33)43-25-8-3-2-7-20(25)27-39-23-14-35-21(26-36-15-37-40-26)13-24(23)41(27)19-6-4-5-18(12-19)38-28(42)22-11-17(30)9-10-34-22/h2-3,7-11,13-16,18-19H,4-6,12H2,1H3,(H,38,42)(H,36,37,40)/t16?,18-,19+/m0/s1. The van der Waals surface area contributed by atoms with Gasteiger partial charge in [-0.1, -0.05) is 23.7 Å². The van der Waals surface area contributed by atoms with Gasteiger partial charge in [-0.25, -0.2) is 9.97 Å². The third-order valence-corrected chi connectivity index (χ3v) is 7.66. The summed E-state index contributed by atoms with van der Waals surface area (Å²) >= 11 is 6.05. The maximum atomic E-state index is 13.5. The van der Waals surface area contributed by atoms with Gasteiger partial charge in [-0.05, 0) is 62.9 Å². The summed E-state index contributed by atoms with van der Waals surface area (Å²) < 4.78 is 47.8. The fourth-order valence-corrected chi connectivity index (χ4v) is 5.51. The molecule has 1 fully saturated rings. The van der Waals surface area contributed by atoms with Crippen LogP contribution in [0.1, 0.15) is 49.1 Å². The topological polar surface area (TPSA) is 124 Å². The van der Waals surface area contributed by atoms with Gasteiger partial charge in [0.1, 0.15) is 34.8 Å². The fraction of sp³-hybridized carbons (Fsp3) is 0.310. The monoisotopic (exact) mass is 610 g/mol. The van der Waals surface area contributed by atoms with E-state index in [0.29, 0.717) is 45.4 Å². The van der Waals surface area contributed by atoms with Crippen LogP contribution in [0.3, 0.4) is 0 Å². The molecule has 1 aliphatic rings. The van der Waals surface area contributed by atoms with Gasteiger partial charge < -0.3 is 14.6 Å². The second-order valence-corrected chi connectivity index (χ2v) is 10.8. The molecule has 0 saturated heterocycles. The Kier molecular flexibility index (Phi) is 7.74. The predicted molar refractivity (Wildman–Crippen MR) is 152 cm³/mol. The van der Waals surface area contributed by atoms with Crippen molar-refractivity contribution in [1.82, 2.24) is 40.0 Å². The number of rotatable bonds is 7. The minimum absolute atomic E-state index is 0.0555. The van der Waals surface area contributed by atoms with Crippen LogP contribution in [0.4, 0.5) is 13.2 Å². The molecule has 14 heteroatoms. The van der Waals surface area contributed by atoms with Gasteiger partial charge in [-0.3, -0.25) is 19.9 Å². The van der Waals surface area contributed by atoms with Crippen LogP contribution in [-0.4, -0.2) is 58.9 Å². The molecule has 0 radical (unpaired) electrons. The van der Waals surface area contributed by atoms with E-state index in [2.05, 4.69) is 30.5 Å². The highest BCUT2D eigenvalue weighted by Crippen LogP contribution is 2.40. The number of carbonyl (C=O) groups is 1. The number of aromatic amines is 1. The number of aromatic nitrogens is 7. The summed E-state index contributed by atoms with van der Waals surface area (Å²) in [5.41, 5.74) is 2.41. The first-order valence-electron chi connectivity index (χ1n) is 13.7. The number of H-pyrrole nitrogens is 1. The minimum Gasteiger partial charge on any atom is -0.480 e. The van der Waals surface area contributed by atoms with E-state index in [9.17, 15) is 18.0 Å². The molecule has 43 heavy (non-hydrogen) atoms. The third-order valence-electron chi connectivity index (χ3n) is 7.43. The average Bonchev–Trinajstić information content (AvgIpc) is 3.65. The maximum absolute atomic E-state index is 13.5. The number of nitrogens with one attached hydrogen (secondary N) is 2. The van der Waals surface area contributed by atoms with Crippen LogP contribution in [0, 0.1) is 0 Å². The first-order valence-corrected chi connectivity index (χ1v) is 14.0. The molecule has 2 N–H and O–H groups in total. The summed E-state index contributed by atoms with van der Waals surface area (Å²) in [5, 5.41) is 10.2. The van der Waals surface area contributed by atoms with E-state index >= 15 is 0 Å². The lowest BCUT2D eigenvalue weighted by molar-refractivity contribution is -0.189. The van der Waals surface area contributed by atoms with E-state index < -0.39 is 12.3 Å². The van der Waals surface area contributed by atoms with E-state index in [1.807, 2.05) is 10.6 Å². The van der Waals surface area contributed by atoms with Gasteiger partial charge in [0.15, 0.2) is 11.9 Å². The third kappa shape index (κ3) is 6.03. The van der Waals surface area contributed by atoms with Crippen molar-refractivity contribution in [1.29, 1.82) is 0 Å². The van der Waals surface area contributed by atoms with Crippen LogP contribution in [0.5, 0.6) is 5.75 Å². The molecule has 4 aromatic heterocycles. The smallest absolute Gasteiger partial charge is 0.425 e. The van der Waals surface area contributed by atoms with Crippen LogP contribution in [0.2, 0.25) is 5.02 Å². The van der Waals surface area contributed by atoms with Crippen LogP contribution in [-0.2, 0) is 0 Å². The molecule has 5 aromatic rings. The molecule has 3 atom stereocenters. The second kappa shape index (κ2) is 11.6. The lowest BCUT2D eigenvalue weighted by Gasteiger charge is -2.32. The van der Waals surface area contributed by atoms with E-state index in [4.69, 9.17) is 21.3 Å². The molecule has 10 nitrogen and oxygen atoms in total. The quantitative estimate of drug-likeness (QED) is 0.226. The van der Waals surface area contributed by atoms with E-state index in [-0.39, 0.29) is 29.4 Å². The van der Waals surface area contributed by atoms with Gasteiger partial charge in [0.25, 0.3) is 5.91 Å². The lowest BCUT2D eigenvalue weighted by atomic mass is 9.90. The summed E-state index contributed by atoms with van der Waals surface area (Å²) in [6, 6.07) is 11.1. The van der Waals surface area contributed by atoms with Gasteiger partial charge in [0.2, 0.25) is 0 Å². The number of pyridine rings is 2. The Morgan fingerprint density at radius 1 is 1.16 bits per heavy atom. The highest BCUT2D eigenvalue weighted by Gasteiger charge is 2.39. The van der Waals surface area contributed by atoms with Crippen molar-refractivity contribution in [2.24, 2.45) is 0 Å². The maximum Gasteiger partial charge on any atom is 0.425 e. The van der Waals surface area contributed by atoms with Crippen molar-refractivity contribution in [2.75, 3.05) is 0 Å². The zero-order valence-electron chi connectivity index (χ0n) is 22.8. The molecule has 0 aliphatic heterocycles. The van der Waals surface area contributed by atoms with Gasteiger partial charge in [-0.2, -0.15) is 18.3 Å². The van der Waals surface area contributed by atoms with E-state index in [1.165, 1.54) is 24.7 Å². The molecule has 222 valence electrons. The summed E-state index contributed by atoms with van der Waals surface area (Å²) in [6.45, 7) is 0.969. The van der Waals surface area contributed by atoms with Crippen LogP contribution in [0.25, 0.3) is 33.9 Å². The number of fused-ring (bicyclic) bond motifs is 1. The Labute approximate surface area is 248 Å². The molecule has 1 aromatic carbocycles. The number of ether oxygens (including phenoxy) is 1. The van der Waals surface area contributed by atoms with E-state index in [1.54, 1.807) is 30.5 Å². The lowest BCUT2D eigenvalue weighted by Crippen LogP contribution is -2.39. The zero-order valence-corrected chi connectivity index (χ0v) is 23.6. The first-order chi connectivity index (χ1) is 20.7. The van der Waals surface area contributed by atoms with Gasteiger partial charge >= 0.3 is 6.18 Å². The summed E-state index contributed by atoms with van der Waals surface area (Å²) in [7, 11) is 0. The second-order valence-electron chi connectivity index (χ2n) is 10.3. The Balaban J connectivity index is 1.41. The molecular weight excluding hydrogens is 585 g/mol. The summed E-state index contributed by atoms with van der Waals surface area (Å²) in [4.78, 5) is 30.6. The minimum atomic E-state index is -4.55. The molecule has 1 unspecified atom stereocenters. The number of amides is 1. The van der Waals surface area contributed by atoms with Crippen LogP contribution < -0.4 is 10.1 Å². The van der Waals surface area contributed by atoms with Gasteiger partial charge in [0, 0.05) is 23.3 Å². The fourth-order valence-electron chi connectivity index (χ4n) is 5.35. The van der Waals surface area contributed by atoms with Crippen LogP contribution in [0.15, 0.2) is 61.2 Å². The Bertz CT molecular complexity index is 1760.